The van der Waals surface area contributed by atoms with E-state index in [9.17, 15) is 0 Å². The molecule has 0 aliphatic rings. The lowest BCUT2D eigenvalue weighted by Gasteiger charge is -2.12. The SMILES string of the molecule is c1ccc(-c2nc(-c3ccc4c(c3)oc3ccccc34)nc(-c3ccc4c(c3)oc3cccc(-c5ccccc5-c5ccc6c(c5)c5ccccc5n6-c5ccccc5)c34)n2)cc1. The van der Waals surface area contributed by atoms with Crippen molar-refractivity contribution in [1.29, 1.82) is 0 Å². The van der Waals surface area contributed by atoms with Crippen molar-refractivity contribution in [2.45, 2.75) is 0 Å². The number of fused-ring (bicyclic) bond motifs is 9. The Morgan fingerprint density at radius 3 is 1.63 bits per heavy atom. The fourth-order valence-corrected chi connectivity index (χ4v) is 9.37. The van der Waals surface area contributed by atoms with Crippen molar-refractivity contribution in [2.24, 2.45) is 0 Å². The van der Waals surface area contributed by atoms with Crippen LogP contribution in [0.25, 0.3) is 128 Å². The van der Waals surface area contributed by atoms with Crippen LogP contribution >= 0.6 is 0 Å². The average molecular weight is 807 g/mol. The van der Waals surface area contributed by atoms with Crippen LogP contribution in [0, 0.1) is 0 Å². The molecule has 0 bridgehead atoms. The monoisotopic (exact) mass is 806 g/mol. The Hall–Kier alpha value is -8.61. The third-order valence-corrected chi connectivity index (χ3v) is 12.3. The second-order valence-electron chi connectivity index (χ2n) is 15.9. The summed E-state index contributed by atoms with van der Waals surface area (Å²) in [5.41, 5.74) is 13.8. The van der Waals surface area contributed by atoms with Crippen LogP contribution in [-0.4, -0.2) is 19.5 Å². The molecule has 0 atom stereocenters. The van der Waals surface area contributed by atoms with Crippen molar-refractivity contribution in [3.8, 4) is 62.1 Å². The van der Waals surface area contributed by atoms with Crippen LogP contribution in [0.2, 0.25) is 0 Å². The summed E-state index contributed by atoms with van der Waals surface area (Å²) in [6.07, 6.45) is 0. The Morgan fingerprint density at radius 2 is 0.841 bits per heavy atom. The molecule has 4 aromatic heterocycles. The number of rotatable bonds is 6. The Morgan fingerprint density at radius 1 is 0.302 bits per heavy atom. The van der Waals surface area contributed by atoms with E-state index in [0.29, 0.717) is 17.5 Å². The smallest absolute Gasteiger partial charge is 0.164 e. The number of nitrogens with zero attached hydrogens (tertiary/aromatic N) is 4. The minimum Gasteiger partial charge on any atom is -0.456 e. The van der Waals surface area contributed by atoms with E-state index in [1.165, 1.54) is 21.8 Å². The first-order valence-electron chi connectivity index (χ1n) is 21.1. The van der Waals surface area contributed by atoms with E-state index in [1.54, 1.807) is 0 Å². The molecule has 0 amide bonds. The van der Waals surface area contributed by atoms with E-state index in [0.717, 1.165) is 88.5 Å². The maximum Gasteiger partial charge on any atom is 0.164 e. The first-order chi connectivity index (χ1) is 31.2. The largest absolute Gasteiger partial charge is 0.456 e. The lowest BCUT2D eigenvalue weighted by Crippen LogP contribution is -2.00. The Balaban J connectivity index is 0.936. The summed E-state index contributed by atoms with van der Waals surface area (Å²) < 4.78 is 15.3. The fourth-order valence-electron chi connectivity index (χ4n) is 9.37. The number of hydrogen-bond acceptors (Lipinski definition) is 5. The number of para-hydroxylation sites is 3. The van der Waals surface area contributed by atoms with Crippen LogP contribution < -0.4 is 0 Å². The van der Waals surface area contributed by atoms with Gasteiger partial charge in [0.15, 0.2) is 17.5 Å². The molecule has 0 spiro atoms. The van der Waals surface area contributed by atoms with Crippen LogP contribution in [0.15, 0.2) is 215 Å². The maximum absolute atomic E-state index is 6.69. The maximum atomic E-state index is 6.69. The van der Waals surface area contributed by atoms with Gasteiger partial charge >= 0.3 is 0 Å². The van der Waals surface area contributed by atoms with Gasteiger partial charge in [0.25, 0.3) is 0 Å². The van der Waals surface area contributed by atoms with Crippen molar-refractivity contribution < 1.29 is 8.83 Å². The molecule has 0 aliphatic heterocycles. The topological polar surface area (TPSA) is 69.9 Å². The highest BCUT2D eigenvalue weighted by Gasteiger charge is 2.20. The van der Waals surface area contributed by atoms with Gasteiger partial charge in [-0.25, -0.2) is 15.0 Å². The second-order valence-corrected chi connectivity index (χ2v) is 15.9. The molecular weight excluding hydrogens is 773 g/mol. The van der Waals surface area contributed by atoms with Crippen molar-refractivity contribution in [2.75, 3.05) is 0 Å². The van der Waals surface area contributed by atoms with Gasteiger partial charge in [0.05, 0.1) is 11.0 Å². The zero-order valence-corrected chi connectivity index (χ0v) is 33.7. The second kappa shape index (κ2) is 14.0. The highest BCUT2D eigenvalue weighted by Crippen LogP contribution is 2.43. The summed E-state index contributed by atoms with van der Waals surface area (Å²) in [7, 11) is 0. The molecule has 0 unspecified atom stereocenters. The predicted molar refractivity (Wildman–Crippen MR) is 256 cm³/mol. The molecule has 0 aliphatic carbocycles. The summed E-state index contributed by atoms with van der Waals surface area (Å²) >= 11 is 0. The molecule has 6 nitrogen and oxygen atoms in total. The normalized spacial score (nSPS) is 11.8. The van der Waals surface area contributed by atoms with Gasteiger partial charge in [-0.15, -0.1) is 0 Å². The molecule has 6 heteroatoms. The molecular formula is C57H34N4O2. The lowest BCUT2D eigenvalue weighted by molar-refractivity contribution is 0.668. The molecule has 294 valence electrons. The van der Waals surface area contributed by atoms with E-state index in [4.69, 9.17) is 23.8 Å². The molecule has 4 heterocycles. The predicted octanol–water partition coefficient (Wildman–Crippen LogP) is 15.1. The van der Waals surface area contributed by atoms with E-state index in [2.05, 4.69) is 150 Å². The number of aromatic nitrogens is 4. The molecule has 13 aromatic rings. The van der Waals surface area contributed by atoms with Gasteiger partial charge in [-0.3, -0.25) is 0 Å². The molecule has 0 saturated heterocycles. The zero-order valence-electron chi connectivity index (χ0n) is 33.7. The Bertz CT molecular complexity index is 3920. The van der Waals surface area contributed by atoms with Gasteiger partial charge < -0.3 is 13.4 Å². The minimum absolute atomic E-state index is 0.556. The molecule has 0 N–H and O–H groups in total. The summed E-state index contributed by atoms with van der Waals surface area (Å²) in [6.45, 7) is 0. The third kappa shape index (κ3) is 5.69. The van der Waals surface area contributed by atoms with Gasteiger partial charge in [-0.2, -0.15) is 0 Å². The first kappa shape index (κ1) is 35.2. The third-order valence-electron chi connectivity index (χ3n) is 12.3. The average Bonchev–Trinajstić information content (AvgIpc) is 4.03. The fraction of sp³-hybridized carbons (Fsp3) is 0. The Labute approximate surface area is 361 Å². The molecule has 9 aromatic carbocycles. The van der Waals surface area contributed by atoms with Gasteiger partial charge in [-0.1, -0.05) is 140 Å². The van der Waals surface area contributed by atoms with Crippen LogP contribution in [-0.2, 0) is 0 Å². The highest BCUT2D eigenvalue weighted by molar-refractivity contribution is 6.15. The van der Waals surface area contributed by atoms with E-state index in [1.807, 2.05) is 60.7 Å². The summed E-state index contributed by atoms with van der Waals surface area (Å²) in [6, 6.07) is 71.7. The van der Waals surface area contributed by atoms with Crippen LogP contribution in [0.5, 0.6) is 0 Å². The molecule has 0 radical (unpaired) electrons. The number of benzene rings is 9. The van der Waals surface area contributed by atoms with Crippen molar-refractivity contribution in [3.05, 3.63) is 206 Å². The molecule has 0 saturated carbocycles. The lowest BCUT2D eigenvalue weighted by atomic mass is 9.91. The standard InChI is InChI=1S/C57H34N4O2/c1-3-14-35(15-4-1)55-58-56(37-26-29-44-43-21-10-12-24-50(43)62-52(44)33-37)60-57(59-55)38-27-30-46-53(34-38)63-51-25-13-22-45(54(46)51)41-19-8-7-18-40(41)36-28-31-49-47(32-36)42-20-9-11-23-48(42)61(49)39-16-5-2-6-17-39/h1-34H. The van der Waals surface area contributed by atoms with Crippen LogP contribution in [0.1, 0.15) is 0 Å². The zero-order chi connectivity index (χ0) is 41.4. The van der Waals surface area contributed by atoms with Crippen molar-refractivity contribution >= 4 is 65.7 Å². The summed E-state index contributed by atoms with van der Waals surface area (Å²) in [5, 5.41) is 6.66. The summed E-state index contributed by atoms with van der Waals surface area (Å²) in [4.78, 5) is 15.1. The van der Waals surface area contributed by atoms with Gasteiger partial charge in [0.1, 0.15) is 22.3 Å². The van der Waals surface area contributed by atoms with Crippen LogP contribution in [0.3, 0.4) is 0 Å². The van der Waals surface area contributed by atoms with E-state index in [-0.39, 0.29) is 0 Å². The molecule has 0 fully saturated rings. The summed E-state index contributed by atoms with van der Waals surface area (Å²) in [5.74, 6) is 1.71. The minimum atomic E-state index is 0.556. The molecule has 63 heavy (non-hydrogen) atoms. The number of hydrogen-bond donors (Lipinski definition) is 0. The highest BCUT2D eigenvalue weighted by atomic mass is 16.3. The van der Waals surface area contributed by atoms with Gasteiger partial charge in [-0.05, 0) is 89.0 Å². The quantitative estimate of drug-likeness (QED) is 0.167. The van der Waals surface area contributed by atoms with Crippen molar-refractivity contribution in [3.63, 3.8) is 0 Å². The van der Waals surface area contributed by atoms with Gasteiger partial charge in [0.2, 0.25) is 0 Å². The Kier molecular flexibility index (Phi) is 7.80. The molecule has 13 rings (SSSR count). The van der Waals surface area contributed by atoms with E-state index < -0.39 is 0 Å². The van der Waals surface area contributed by atoms with E-state index >= 15 is 0 Å². The van der Waals surface area contributed by atoms with Gasteiger partial charge in [0, 0.05) is 54.7 Å². The first-order valence-corrected chi connectivity index (χ1v) is 21.1. The van der Waals surface area contributed by atoms with Crippen LogP contribution in [0.4, 0.5) is 0 Å². The van der Waals surface area contributed by atoms with Crippen molar-refractivity contribution in [1.82, 2.24) is 19.5 Å². The number of furan rings is 2.